The summed E-state index contributed by atoms with van der Waals surface area (Å²) >= 11 is 1.90. The zero-order chi connectivity index (χ0) is 24.5. The number of nitrogens with zero attached hydrogens (tertiary/aromatic N) is 2. The van der Waals surface area contributed by atoms with Crippen LogP contribution in [0.1, 0.15) is 37.7 Å². The summed E-state index contributed by atoms with van der Waals surface area (Å²) in [4.78, 5) is 19.9. The number of methoxy groups -OCH3 is 1. The van der Waals surface area contributed by atoms with Crippen molar-refractivity contribution < 1.29 is 14.6 Å². The van der Waals surface area contributed by atoms with E-state index in [2.05, 4.69) is 46.3 Å². The zero-order valence-corrected chi connectivity index (χ0v) is 21.4. The van der Waals surface area contributed by atoms with Gasteiger partial charge in [-0.05, 0) is 105 Å². The molecule has 1 saturated heterocycles. The summed E-state index contributed by atoms with van der Waals surface area (Å²) in [5.41, 5.74) is 2.28. The Morgan fingerprint density at radius 1 is 1.14 bits per heavy atom. The maximum Gasteiger partial charge on any atom is 0.303 e. The second kappa shape index (κ2) is 12.9. The molecule has 1 N–H and O–H groups in total. The normalized spacial score (nSPS) is 18.5. The van der Waals surface area contributed by atoms with Crippen LogP contribution in [0.25, 0.3) is 10.9 Å². The Morgan fingerprint density at radius 3 is 2.80 bits per heavy atom. The number of piperidine rings is 1. The van der Waals surface area contributed by atoms with Gasteiger partial charge in [-0.3, -0.25) is 9.78 Å². The largest absolute Gasteiger partial charge is 0.497 e. The molecule has 0 amide bonds. The van der Waals surface area contributed by atoms with Crippen molar-refractivity contribution in [1.82, 2.24) is 9.88 Å². The third-order valence-electron chi connectivity index (χ3n) is 7.10. The lowest BCUT2D eigenvalue weighted by molar-refractivity contribution is -0.139. The van der Waals surface area contributed by atoms with E-state index in [1.165, 1.54) is 10.5 Å². The number of carboxylic acids is 1. The highest BCUT2D eigenvalue weighted by atomic mass is 32.2. The van der Waals surface area contributed by atoms with Gasteiger partial charge in [-0.2, -0.15) is 0 Å². The van der Waals surface area contributed by atoms with E-state index in [0.717, 1.165) is 74.1 Å². The van der Waals surface area contributed by atoms with Crippen molar-refractivity contribution >= 4 is 28.6 Å². The summed E-state index contributed by atoms with van der Waals surface area (Å²) in [6, 6.07) is 18.7. The summed E-state index contributed by atoms with van der Waals surface area (Å²) in [5.74, 6) is 1.98. The predicted molar refractivity (Wildman–Crippen MR) is 143 cm³/mol. The van der Waals surface area contributed by atoms with Crippen LogP contribution in [0.4, 0.5) is 0 Å². The smallest absolute Gasteiger partial charge is 0.303 e. The van der Waals surface area contributed by atoms with E-state index in [1.54, 1.807) is 7.11 Å². The van der Waals surface area contributed by atoms with E-state index in [1.807, 2.05) is 36.2 Å². The van der Waals surface area contributed by atoms with Crippen molar-refractivity contribution in [2.45, 2.75) is 43.4 Å². The maximum atomic E-state index is 11.6. The number of aromatic nitrogens is 1. The molecule has 2 atom stereocenters. The zero-order valence-electron chi connectivity index (χ0n) is 20.6. The van der Waals surface area contributed by atoms with Crippen molar-refractivity contribution in [2.75, 3.05) is 32.5 Å². The SMILES string of the molecule is COc1ccc2nccc(CCC[C@@H]3CCN(CCCSc4ccccc4)C[C@@H]3CC(=O)O)c2c1. The van der Waals surface area contributed by atoms with Gasteiger partial charge in [-0.1, -0.05) is 18.2 Å². The molecule has 35 heavy (non-hydrogen) atoms. The first-order chi connectivity index (χ1) is 17.1. The summed E-state index contributed by atoms with van der Waals surface area (Å²) < 4.78 is 5.41. The van der Waals surface area contributed by atoms with Crippen molar-refractivity contribution in [1.29, 1.82) is 0 Å². The number of carbonyl (C=O) groups is 1. The van der Waals surface area contributed by atoms with E-state index < -0.39 is 5.97 Å². The van der Waals surface area contributed by atoms with Crippen molar-refractivity contribution in [3.63, 3.8) is 0 Å². The topological polar surface area (TPSA) is 62.7 Å². The van der Waals surface area contributed by atoms with E-state index in [4.69, 9.17) is 4.74 Å². The molecule has 3 aromatic rings. The molecule has 0 bridgehead atoms. The Kier molecular flexibility index (Phi) is 9.43. The molecule has 2 aromatic carbocycles. The van der Waals surface area contributed by atoms with E-state index in [-0.39, 0.29) is 12.3 Å². The first-order valence-corrected chi connectivity index (χ1v) is 13.6. The van der Waals surface area contributed by atoms with Gasteiger partial charge in [0.25, 0.3) is 0 Å². The second-order valence-corrected chi connectivity index (χ2v) is 10.6. The number of pyridine rings is 1. The molecule has 0 radical (unpaired) electrons. The van der Waals surface area contributed by atoms with Crippen LogP contribution in [0.15, 0.2) is 65.7 Å². The van der Waals surface area contributed by atoms with Crippen LogP contribution in [0.2, 0.25) is 0 Å². The monoisotopic (exact) mass is 492 g/mol. The standard InChI is InChI=1S/C29H36N2O3S/c1-34-25-11-12-28-27(20-25)23(13-15-30-28)8-5-7-22-14-17-31(21-24(22)19-29(32)33)16-6-18-35-26-9-3-2-4-10-26/h2-4,9-13,15,20,22,24H,5-8,14,16-19,21H2,1H3,(H,32,33)/t22-,24+/m1/s1. The number of fused-ring (bicyclic) bond motifs is 1. The van der Waals surface area contributed by atoms with Gasteiger partial charge in [0.1, 0.15) is 5.75 Å². The number of aryl methyl sites for hydroxylation is 1. The Labute approximate surface area is 212 Å². The first kappa shape index (κ1) is 25.5. The molecule has 0 unspecified atom stereocenters. The highest BCUT2D eigenvalue weighted by Crippen LogP contribution is 2.32. The third-order valence-corrected chi connectivity index (χ3v) is 8.20. The summed E-state index contributed by atoms with van der Waals surface area (Å²) in [6.45, 7) is 3.03. The summed E-state index contributed by atoms with van der Waals surface area (Å²) in [7, 11) is 1.69. The third kappa shape index (κ3) is 7.45. The Bertz CT molecular complexity index is 1090. The van der Waals surface area contributed by atoms with E-state index in [0.29, 0.717) is 5.92 Å². The van der Waals surface area contributed by atoms with Gasteiger partial charge >= 0.3 is 5.97 Å². The Hall–Kier alpha value is -2.57. The number of hydrogen-bond donors (Lipinski definition) is 1. The Morgan fingerprint density at radius 2 is 2.00 bits per heavy atom. The van der Waals surface area contributed by atoms with Crippen molar-refractivity contribution in [2.24, 2.45) is 11.8 Å². The molecule has 2 heterocycles. The number of ether oxygens (including phenoxy) is 1. The van der Waals surface area contributed by atoms with Crippen LogP contribution < -0.4 is 4.74 Å². The minimum absolute atomic E-state index is 0.234. The lowest BCUT2D eigenvalue weighted by atomic mass is 9.80. The summed E-state index contributed by atoms with van der Waals surface area (Å²) in [5, 5.41) is 10.7. The molecule has 0 spiro atoms. The predicted octanol–water partition coefficient (Wildman–Crippen LogP) is 6.16. The van der Waals surface area contributed by atoms with Gasteiger partial charge < -0.3 is 14.7 Å². The number of rotatable bonds is 12. The fraction of sp³-hybridized carbons (Fsp3) is 0.448. The number of hydrogen-bond acceptors (Lipinski definition) is 5. The molecule has 0 aliphatic carbocycles. The van der Waals surface area contributed by atoms with Gasteiger partial charge in [0, 0.05) is 29.4 Å². The molecule has 1 fully saturated rings. The quantitative estimate of drug-likeness (QED) is 0.241. The number of carboxylic acid groups (broad SMARTS) is 1. The van der Waals surface area contributed by atoms with Gasteiger partial charge in [0.05, 0.1) is 12.6 Å². The van der Waals surface area contributed by atoms with E-state index in [9.17, 15) is 9.90 Å². The minimum atomic E-state index is -0.672. The van der Waals surface area contributed by atoms with Gasteiger partial charge in [0.15, 0.2) is 0 Å². The van der Waals surface area contributed by atoms with Crippen LogP contribution in [0, 0.1) is 11.8 Å². The molecular weight excluding hydrogens is 456 g/mol. The van der Waals surface area contributed by atoms with Crippen molar-refractivity contribution in [3.8, 4) is 5.75 Å². The lowest BCUT2D eigenvalue weighted by Gasteiger charge is -2.38. The molecule has 6 heteroatoms. The van der Waals surface area contributed by atoms with Crippen molar-refractivity contribution in [3.05, 3.63) is 66.4 Å². The number of aliphatic carboxylic acids is 1. The highest BCUT2D eigenvalue weighted by Gasteiger charge is 2.30. The van der Waals surface area contributed by atoms with Crippen LogP contribution in [-0.4, -0.2) is 53.5 Å². The van der Waals surface area contributed by atoms with Crippen LogP contribution in [-0.2, 0) is 11.2 Å². The average Bonchev–Trinajstić information content (AvgIpc) is 2.88. The molecule has 5 nitrogen and oxygen atoms in total. The fourth-order valence-electron chi connectivity index (χ4n) is 5.27. The van der Waals surface area contributed by atoms with Crippen LogP contribution >= 0.6 is 11.8 Å². The number of thioether (sulfide) groups is 1. The molecular formula is C29H36N2O3S. The molecule has 1 aromatic heterocycles. The second-order valence-electron chi connectivity index (χ2n) is 9.47. The molecule has 1 aliphatic heterocycles. The molecule has 4 rings (SSSR count). The van der Waals surface area contributed by atoms with Crippen LogP contribution in [0.3, 0.4) is 0 Å². The number of likely N-dealkylation sites (tertiary alicyclic amines) is 1. The molecule has 0 saturated carbocycles. The lowest BCUT2D eigenvalue weighted by Crippen LogP contribution is -2.41. The minimum Gasteiger partial charge on any atom is -0.497 e. The maximum absolute atomic E-state index is 11.6. The van der Waals surface area contributed by atoms with Gasteiger partial charge in [-0.25, -0.2) is 0 Å². The Balaban J connectivity index is 1.27. The van der Waals surface area contributed by atoms with Gasteiger partial charge in [0.2, 0.25) is 0 Å². The first-order valence-electron chi connectivity index (χ1n) is 12.7. The molecule has 1 aliphatic rings. The fourth-order valence-corrected chi connectivity index (χ4v) is 6.13. The van der Waals surface area contributed by atoms with E-state index >= 15 is 0 Å². The summed E-state index contributed by atoms with van der Waals surface area (Å²) in [6.07, 6.45) is 7.48. The average molecular weight is 493 g/mol. The van der Waals surface area contributed by atoms with Crippen LogP contribution in [0.5, 0.6) is 5.75 Å². The number of benzene rings is 2. The van der Waals surface area contributed by atoms with Gasteiger partial charge in [-0.15, -0.1) is 11.8 Å². The molecule has 186 valence electrons. The highest BCUT2D eigenvalue weighted by molar-refractivity contribution is 7.99.